The zero-order chi connectivity index (χ0) is 24.4. The first-order valence-electron chi connectivity index (χ1n) is 11.4. The Bertz CT molecular complexity index is 1520. The third kappa shape index (κ3) is 4.60. The molecule has 0 saturated carbocycles. The van der Waals surface area contributed by atoms with Gasteiger partial charge in [0.25, 0.3) is 5.91 Å². The first kappa shape index (κ1) is 22.9. The van der Waals surface area contributed by atoms with Crippen molar-refractivity contribution in [2.75, 3.05) is 13.1 Å². The molecule has 8 nitrogen and oxygen atoms in total. The minimum absolute atomic E-state index is 0.231. The van der Waals surface area contributed by atoms with E-state index in [-0.39, 0.29) is 23.9 Å². The van der Waals surface area contributed by atoms with Gasteiger partial charge >= 0.3 is 0 Å². The van der Waals surface area contributed by atoms with E-state index in [4.69, 9.17) is 0 Å². The average Bonchev–Trinajstić information content (AvgIpc) is 2.91. The molecule has 1 fully saturated rings. The third-order valence-corrected chi connectivity index (χ3v) is 8.25. The maximum atomic E-state index is 13.1. The molecule has 0 bridgehead atoms. The minimum Gasteiger partial charge on any atom is -0.273 e. The summed E-state index contributed by atoms with van der Waals surface area (Å²) in [6.45, 7) is 0.461. The topological polar surface area (TPSA) is 108 Å². The fourth-order valence-electron chi connectivity index (χ4n) is 4.41. The summed E-state index contributed by atoms with van der Waals surface area (Å²) in [5, 5.41) is 2.66. The van der Waals surface area contributed by atoms with Crippen LogP contribution in [0.5, 0.6) is 0 Å². The maximum absolute atomic E-state index is 13.1. The minimum atomic E-state index is -3.66. The molecule has 178 valence electrons. The predicted molar refractivity (Wildman–Crippen MR) is 133 cm³/mol. The second-order valence-electron chi connectivity index (χ2n) is 8.51. The summed E-state index contributed by atoms with van der Waals surface area (Å²) < 4.78 is 27.7. The lowest BCUT2D eigenvalue weighted by atomic mass is 9.98. The number of benzene rings is 3. The van der Waals surface area contributed by atoms with Gasteiger partial charge in [0.15, 0.2) is 0 Å². The van der Waals surface area contributed by atoms with E-state index in [9.17, 15) is 18.0 Å². The van der Waals surface area contributed by atoms with E-state index < -0.39 is 21.8 Å². The van der Waals surface area contributed by atoms with Gasteiger partial charge in [-0.3, -0.25) is 25.4 Å². The zero-order valence-corrected chi connectivity index (χ0v) is 19.7. The highest BCUT2D eigenvalue weighted by Gasteiger charge is 2.32. The summed E-state index contributed by atoms with van der Waals surface area (Å²) >= 11 is 0. The van der Waals surface area contributed by atoms with E-state index in [2.05, 4.69) is 15.8 Å². The van der Waals surface area contributed by atoms with Gasteiger partial charge in [0.05, 0.1) is 16.0 Å². The van der Waals surface area contributed by atoms with Crippen LogP contribution in [-0.4, -0.2) is 42.6 Å². The van der Waals surface area contributed by atoms with Crippen molar-refractivity contribution in [1.29, 1.82) is 0 Å². The Morgan fingerprint density at radius 2 is 1.54 bits per heavy atom. The van der Waals surface area contributed by atoms with Crippen LogP contribution in [0.1, 0.15) is 23.2 Å². The predicted octanol–water partition coefficient (Wildman–Crippen LogP) is 3.25. The SMILES string of the molecule is O=C(NNC(=O)C1CCN(S(=O)(=O)c2ccc3ccccc3c2)CC1)c1cccc2cccnc12. The van der Waals surface area contributed by atoms with Crippen molar-refractivity contribution in [2.24, 2.45) is 5.92 Å². The molecule has 0 radical (unpaired) electrons. The van der Waals surface area contributed by atoms with E-state index in [0.717, 1.165) is 16.2 Å². The summed E-state index contributed by atoms with van der Waals surface area (Å²) in [6, 6.07) is 21.6. The molecule has 2 N–H and O–H groups in total. The van der Waals surface area contributed by atoms with Crippen LogP contribution < -0.4 is 10.9 Å². The number of nitrogens with one attached hydrogen (secondary N) is 2. The Hall–Kier alpha value is -3.82. The van der Waals surface area contributed by atoms with E-state index in [1.165, 1.54) is 4.31 Å². The molecule has 0 unspecified atom stereocenters. The molecule has 35 heavy (non-hydrogen) atoms. The van der Waals surface area contributed by atoms with Crippen molar-refractivity contribution < 1.29 is 18.0 Å². The first-order valence-corrected chi connectivity index (χ1v) is 12.8. The van der Waals surface area contributed by atoms with Crippen molar-refractivity contribution in [1.82, 2.24) is 20.1 Å². The van der Waals surface area contributed by atoms with Crippen LogP contribution in [0.25, 0.3) is 21.7 Å². The van der Waals surface area contributed by atoms with E-state index in [1.807, 2.05) is 36.4 Å². The molecule has 5 rings (SSSR count). The van der Waals surface area contributed by atoms with E-state index in [0.29, 0.717) is 23.9 Å². The molecule has 3 aromatic carbocycles. The van der Waals surface area contributed by atoms with Gasteiger partial charge in [-0.1, -0.05) is 48.5 Å². The van der Waals surface area contributed by atoms with Crippen molar-refractivity contribution >= 4 is 43.5 Å². The van der Waals surface area contributed by atoms with Crippen molar-refractivity contribution in [3.8, 4) is 0 Å². The number of para-hydroxylation sites is 1. The highest BCUT2D eigenvalue weighted by atomic mass is 32.2. The fourth-order valence-corrected chi connectivity index (χ4v) is 5.92. The van der Waals surface area contributed by atoms with Crippen LogP contribution in [0.2, 0.25) is 0 Å². The van der Waals surface area contributed by atoms with Gasteiger partial charge in [0.1, 0.15) is 0 Å². The molecule has 2 amide bonds. The Morgan fingerprint density at radius 1 is 0.829 bits per heavy atom. The number of hydrazine groups is 1. The van der Waals surface area contributed by atoms with Crippen LogP contribution in [-0.2, 0) is 14.8 Å². The number of rotatable bonds is 4. The molecular formula is C26H24N4O4S. The van der Waals surface area contributed by atoms with E-state index >= 15 is 0 Å². The first-order chi connectivity index (χ1) is 16.9. The van der Waals surface area contributed by atoms with Gasteiger partial charge in [-0.2, -0.15) is 4.31 Å². The number of aromatic nitrogens is 1. The Kier molecular flexibility index (Phi) is 6.19. The highest BCUT2D eigenvalue weighted by molar-refractivity contribution is 7.89. The van der Waals surface area contributed by atoms with E-state index in [1.54, 1.807) is 42.6 Å². The number of piperidine rings is 1. The maximum Gasteiger partial charge on any atom is 0.271 e. The van der Waals surface area contributed by atoms with Crippen molar-refractivity contribution in [3.05, 3.63) is 84.6 Å². The lowest BCUT2D eigenvalue weighted by molar-refractivity contribution is -0.126. The number of hydrogen-bond acceptors (Lipinski definition) is 5. The number of hydrogen-bond donors (Lipinski definition) is 2. The fraction of sp³-hybridized carbons (Fsp3) is 0.192. The third-order valence-electron chi connectivity index (χ3n) is 6.36. The lowest BCUT2D eigenvalue weighted by Gasteiger charge is -2.30. The van der Waals surface area contributed by atoms with Crippen LogP contribution >= 0.6 is 0 Å². The smallest absolute Gasteiger partial charge is 0.271 e. The molecule has 0 spiro atoms. The highest BCUT2D eigenvalue weighted by Crippen LogP contribution is 2.26. The molecule has 4 aromatic rings. The Balaban J connectivity index is 1.19. The largest absolute Gasteiger partial charge is 0.273 e. The molecule has 0 aliphatic carbocycles. The summed E-state index contributed by atoms with van der Waals surface area (Å²) in [6.07, 6.45) is 2.34. The lowest BCUT2D eigenvalue weighted by Crippen LogP contribution is -2.48. The van der Waals surface area contributed by atoms with Gasteiger partial charge in [0.2, 0.25) is 15.9 Å². The quantitative estimate of drug-likeness (QED) is 0.429. The number of pyridine rings is 1. The molecule has 2 heterocycles. The van der Waals surface area contributed by atoms with Crippen LogP contribution in [0.4, 0.5) is 0 Å². The number of sulfonamides is 1. The van der Waals surface area contributed by atoms with Crippen LogP contribution in [0.15, 0.2) is 83.9 Å². The van der Waals surface area contributed by atoms with Gasteiger partial charge in [0, 0.05) is 30.6 Å². The summed E-state index contributed by atoms with van der Waals surface area (Å²) in [5.74, 6) is -1.20. The summed E-state index contributed by atoms with van der Waals surface area (Å²) in [7, 11) is -3.66. The second kappa shape index (κ2) is 9.44. The normalized spacial score (nSPS) is 15.2. The number of amides is 2. The van der Waals surface area contributed by atoms with Crippen molar-refractivity contribution in [3.63, 3.8) is 0 Å². The monoisotopic (exact) mass is 488 g/mol. The van der Waals surface area contributed by atoms with Crippen LogP contribution in [0.3, 0.4) is 0 Å². The average molecular weight is 489 g/mol. The number of nitrogens with zero attached hydrogens (tertiary/aromatic N) is 2. The second-order valence-corrected chi connectivity index (χ2v) is 10.4. The Morgan fingerprint density at radius 3 is 2.34 bits per heavy atom. The molecular weight excluding hydrogens is 464 g/mol. The Labute approximate surface area is 203 Å². The number of carbonyl (C=O) groups is 2. The van der Waals surface area contributed by atoms with Gasteiger partial charge in [-0.05, 0) is 47.9 Å². The molecule has 1 aliphatic rings. The van der Waals surface area contributed by atoms with Gasteiger partial charge in [-0.15, -0.1) is 0 Å². The summed E-state index contributed by atoms with van der Waals surface area (Å²) in [5.41, 5.74) is 5.86. The summed E-state index contributed by atoms with van der Waals surface area (Å²) in [4.78, 5) is 29.8. The zero-order valence-electron chi connectivity index (χ0n) is 18.8. The molecule has 9 heteroatoms. The number of fused-ring (bicyclic) bond motifs is 2. The van der Waals surface area contributed by atoms with Crippen LogP contribution in [0, 0.1) is 5.92 Å². The van der Waals surface area contributed by atoms with Crippen molar-refractivity contribution in [2.45, 2.75) is 17.7 Å². The van der Waals surface area contributed by atoms with Gasteiger partial charge in [-0.25, -0.2) is 8.42 Å². The molecule has 0 atom stereocenters. The molecule has 1 aliphatic heterocycles. The molecule has 1 aromatic heterocycles. The molecule has 1 saturated heterocycles. The standard InChI is InChI=1S/C26H24N4O4S/c31-25(28-29-26(32)23-9-3-7-19-8-4-14-27-24(19)23)20-12-15-30(16-13-20)35(33,34)22-11-10-18-5-1-2-6-21(18)17-22/h1-11,14,17,20H,12-13,15-16H2,(H,28,31)(H,29,32). The number of carbonyl (C=O) groups excluding carboxylic acids is 2. The van der Waals surface area contributed by atoms with Gasteiger partial charge < -0.3 is 0 Å².